The van der Waals surface area contributed by atoms with Gasteiger partial charge in [-0.25, -0.2) is 9.07 Å². The molecule has 0 amide bonds. The van der Waals surface area contributed by atoms with Crippen LogP contribution in [0.1, 0.15) is 36.1 Å². The van der Waals surface area contributed by atoms with Gasteiger partial charge in [0.25, 0.3) is 0 Å². The van der Waals surface area contributed by atoms with Crippen molar-refractivity contribution >= 4 is 6.08 Å². The molecule has 2 aliphatic carbocycles. The highest BCUT2D eigenvalue weighted by Gasteiger charge is 2.61. The maximum absolute atomic E-state index is 13.5. The molecule has 0 radical (unpaired) electrons. The van der Waals surface area contributed by atoms with Crippen LogP contribution in [0.25, 0.3) is 11.8 Å². The first kappa shape index (κ1) is 20.6. The summed E-state index contributed by atoms with van der Waals surface area (Å²) >= 11 is 0. The first-order valence-corrected chi connectivity index (χ1v) is 11.6. The quantitative estimate of drug-likeness (QED) is 0.489. The van der Waals surface area contributed by atoms with E-state index in [1.54, 1.807) is 12.1 Å². The van der Waals surface area contributed by atoms with Gasteiger partial charge in [-0.3, -0.25) is 0 Å². The van der Waals surface area contributed by atoms with Gasteiger partial charge >= 0.3 is 0 Å². The third kappa shape index (κ3) is 3.22. The highest BCUT2D eigenvalue weighted by Crippen LogP contribution is 2.59. The third-order valence-corrected chi connectivity index (χ3v) is 7.49. The molecule has 33 heavy (non-hydrogen) atoms. The normalized spacial score (nSPS) is 28.3. The van der Waals surface area contributed by atoms with E-state index in [2.05, 4.69) is 43.0 Å². The number of fused-ring (bicyclic) bond motifs is 3. The minimum Gasteiger partial charge on any atom is -0.346 e. The SMILES string of the molecule is C=C[C@H]1COC2(CCCC3=Cc4c(cnn4-c4ccc(F)cc4)C[C@@]32Cc2ccccc2)O1. The lowest BCUT2D eigenvalue weighted by molar-refractivity contribution is -0.244. The molecule has 3 aromatic rings. The van der Waals surface area contributed by atoms with E-state index in [1.165, 1.54) is 23.3 Å². The Labute approximate surface area is 193 Å². The zero-order valence-electron chi connectivity index (χ0n) is 18.5. The van der Waals surface area contributed by atoms with Crippen molar-refractivity contribution in [2.75, 3.05) is 6.61 Å². The van der Waals surface area contributed by atoms with Crippen molar-refractivity contribution in [1.82, 2.24) is 9.78 Å². The van der Waals surface area contributed by atoms with Gasteiger partial charge in [0.05, 0.1) is 29.6 Å². The fourth-order valence-corrected chi connectivity index (χ4v) is 5.94. The lowest BCUT2D eigenvalue weighted by atomic mass is 9.58. The summed E-state index contributed by atoms with van der Waals surface area (Å²) in [5.74, 6) is -0.928. The Kier molecular flexibility index (Phi) is 4.86. The minimum atomic E-state index is -0.679. The molecule has 0 N–H and O–H groups in total. The Morgan fingerprint density at radius 3 is 2.73 bits per heavy atom. The molecule has 1 saturated carbocycles. The van der Waals surface area contributed by atoms with Gasteiger partial charge in [0, 0.05) is 6.42 Å². The molecule has 5 heteroatoms. The van der Waals surface area contributed by atoms with E-state index < -0.39 is 5.79 Å². The molecule has 4 nitrogen and oxygen atoms in total. The Balaban J connectivity index is 1.48. The van der Waals surface area contributed by atoms with Gasteiger partial charge in [-0.1, -0.05) is 42.0 Å². The average molecular weight is 443 g/mol. The van der Waals surface area contributed by atoms with E-state index in [-0.39, 0.29) is 17.3 Å². The molecule has 1 aromatic heterocycles. The Morgan fingerprint density at radius 2 is 1.97 bits per heavy atom. The van der Waals surface area contributed by atoms with Gasteiger partial charge < -0.3 is 9.47 Å². The number of benzene rings is 2. The van der Waals surface area contributed by atoms with Crippen LogP contribution in [-0.4, -0.2) is 28.3 Å². The molecule has 2 aromatic carbocycles. The predicted octanol–water partition coefficient (Wildman–Crippen LogP) is 5.66. The molecule has 3 atom stereocenters. The second-order valence-corrected chi connectivity index (χ2v) is 9.34. The van der Waals surface area contributed by atoms with Crippen molar-refractivity contribution in [3.63, 3.8) is 0 Å². The van der Waals surface area contributed by atoms with Crippen LogP contribution in [0.2, 0.25) is 0 Å². The van der Waals surface area contributed by atoms with Crippen molar-refractivity contribution < 1.29 is 13.9 Å². The smallest absolute Gasteiger partial charge is 0.179 e. The van der Waals surface area contributed by atoms with Crippen LogP contribution in [-0.2, 0) is 22.3 Å². The van der Waals surface area contributed by atoms with Gasteiger partial charge in [0.15, 0.2) is 5.79 Å². The number of ether oxygens (including phenoxy) is 2. The first-order valence-electron chi connectivity index (χ1n) is 11.6. The van der Waals surface area contributed by atoms with Crippen LogP contribution in [0, 0.1) is 11.2 Å². The van der Waals surface area contributed by atoms with Crippen LogP contribution in [0.3, 0.4) is 0 Å². The fraction of sp³-hybridized carbons (Fsp3) is 0.321. The first-order chi connectivity index (χ1) is 16.1. The molecule has 1 saturated heterocycles. The summed E-state index contributed by atoms with van der Waals surface area (Å²) in [6.07, 6.45) is 10.5. The molecular weight excluding hydrogens is 415 g/mol. The Morgan fingerprint density at radius 1 is 1.15 bits per heavy atom. The van der Waals surface area contributed by atoms with E-state index in [1.807, 2.05) is 17.0 Å². The highest BCUT2D eigenvalue weighted by atomic mass is 19.1. The summed E-state index contributed by atoms with van der Waals surface area (Å²) in [4.78, 5) is 0. The number of hydrogen-bond donors (Lipinski definition) is 0. The predicted molar refractivity (Wildman–Crippen MR) is 125 cm³/mol. The van der Waals surface area contributed by atoms with E-state index in [0.717, 1.165) is 49.0 Å². The largest absolute Gasteiger partial charge is 0.346 e. The number of nitrogens with zero attached hydrogens (tertiary/aromatic N) is 2. The molecular formula is C28H27FN2O2. The molecule has 0 bridgehead atoms. The molecule has 1 unspecified atom stereocenters. The van der Waals surface area contributed by atoms with E-state index in [9.17, 15) is 4.39 Å². The molecule has 3 aliphatic rings. The molecule has 6 rings (SSSR count). The number of aromatic nitrogens is 2. The van der Waals surface area contributed by atoms with Crippen LogP contribution in [0.15, 0.2) is 79.0 Å². The third-order valence-electron chi connectivity index (χ3n) is 7.49. The van der Waals surface area contributed by atoms with Crippen LogP contribution < -0.4 is 0 Å². The molecule has 2 fully saturated rings. The van der Waals surface area contributed by atoms with Gasteiger partial charge in [-0.15, -0.1) is 6.58 Å². The monoisotopic (exact) mass is 442 g/mol. The molecule has 1 spiro atoms. The topological polar surface area (TPSA) is 36.3 Å². The van der Waals surface area contributed by atoms with Gasteiger partial charge in [-0.2, -0.15) is 5.10 Å². The summed E-state index contributed by atoms with van der Waals surface area (Å²) in [7, 11) is 0. The van der Waals surface area contributed by atoms with Crippen LogP contribution in [0.5, 0.6) is 0 Å². The standard InChI is InChI=1S/C28H27FN2O2/c1-2-25-19-32-28(33-25)14-6-9-22-15-26-21(17-27(22,28)16-20-7-4-3-5-8-20)18-30-31(26)24-12-10-23(29)11-13-24/h2-5,7-8,10-13,15,18,25H,1,6,9,14,16-17,19H2/t25-,27-,28?/m0/s1. The molecule has 2 heterocycles. The number of hydrogen-bond acceptors (Lipinski definition) is 3. The summed E-state index contributed by atoms with van der Waals surface area (Å²) < 4.78 is 28.6. The second kappa shape index (κ2) is 7.79. The molecule has 1 aliphatic heterocycles. The van der Waals surface area contributed by atoms with Gasteiger partial charge in [0.2, 0.25) is 0 Å². The second-order valence-electron chi connectivity index (χ2n) is 9.34. The summed E-state index contributed by atoms with van der Waals surface area (Å²) in [6.45, 7) is 4.49. The van der Waals surface area contributed by atoms with E-state index in [0.29, 0.717) is 6.61 Å². The molecule has 168 valence electrons. The van der Waals surface area contributed by atoms with Crippen molar-refractivity contribution in [2.45, 2.75) is 44.0 Å². The van der Waals surface area contributed by atoms with Crippen molar-refractivity contribution in [1.29, 1.82) is 0 Å². The lowest BCUT2D eigenvalue weighted by Gasteiger charge is -2.53. The lowest BCUT2D eigenvalue weighted by Crippen LogP contribution is -2.56. The zero-order chi connectivity index (χ0) is 22.5. The Bertz CT molecular complexity index is 1220. The fourth-order valence-electron chi connectivity index (χ4n) is 5.94. The maximum Gasteiger partial charge on any atom is 0.179 e. The maximum atomic E-state index is 13.5. The highest BCUT2D eigenvalue weighted by molar-refractivity contribution is 5.62. The summed E-state index contributed by atoms with van der Waals surface area (Å²) in [5.41, 5.74) is 5.39. The van der Waals surface area contributed by atoms with Crippen LogP contribution >= 0.6 is 0 Å². The summed E-state index contributed by atoms with van der Waals surface area (Å²) in [6, 6.07) is 17.1. The van der Waals surface area contributed by atoms with Crippen LogP contribution in [0.4, 0.5) is 4.39 Å². The van der Waals surface area contributed by atoms with Crippen molar-refractivity contribution in [3.8, 4) is 5.69 Å². The van der Waals surface area contributed by atoms with E-state index >= 15 is 0 Å². The Hall–Kier alpha value is -3.02. The number of halogens is 1. The van der Waals surface area contributed by atoms with E-state index in [4.69, 9.17) is 14.6 Å². The van der Waals surface area contributed by atoms with Gasteiger partial charge in [0.1, 0.15) is 11.9 Å². The van der Waals surface area contributed by atoms with Gasteiger partial charge in [-0.05, 0) is 67.2 Å². The van der Waals surface area contributed by atoms with Crippen molar-refractivity contribution in [2.24, 2.45) is 5.41 Å². The zero-order valence-corrected chi connectivity index (χ0v) is 18.5. The number of rotatable bonds is 4. The average Bonchev–Trinajstić information content (AvgIpc) is 3.44. The minimum absolute atomic E-state index is 0.0969. The summed E-state index contributed by atoms with van der Waals surface area (Å²) in [5, 5.41) is 4.69. The van der Waals surface area contributed by atoms with Crippen molar-refractivity contribution in [3.05, 3.63) is 102 Å².